The Morgan fingerprint density at radius 1 is 1.15 bits per heavy atom. The summed E-state index contributed by atoms with van der Waals surface area (Å²) < 4.78 is 5.84. The van der Waals surface area contributed by atoms with E-state index in [9.17, 15) is 9.59 Å². The van der Waals surface area contributed by atoms with Gasteiger partial charge in [0.25, 0.3) is 0 Å². The second kappa shape index (κ2) is 7.00. The van der Waals surface area contributed by atoms with E-state index in [1.54, 1.807) is 29.2 Å². The number of nitrogens with one attached hydrogen (secondary N) is 1. The summed E-state index contributed by atoms with van der Waals surface area (Å²) in [5.41, 5.74) is 1.93. The molecular weight excluding hydrogens is 352 g/mol. The van der Waals surface area contributed by atoms with Crippen molar-refractivity contribution < 1.29 is 14.3 Å². The fourth-order valence-corrected chi connectivity index (χ4v) is 3.61. The molecule has 0 bridgehead atoms. The van der Waals surface area contributed by atoms with Gasteiger partial charge in [0.2, 0.25) is 11.8 Å². The summed E-state index contributed by atoms with van der Waals surface area (Å²) >= 11 is 5.89. The van der Waals surface area contributed by atoms with Crippen LogP contribution in [0.5, 0.6) is 5.75 Å². The number of hydrogen-bond acceptors (Lipinski definition) is 3. The topological polar surface area (TPSA) is 58.6 Å². The Balaban J connectivity index is 1.32. The van der Waals surface area contributed by atoms with E-state index in [1.165, 1.54) is 0 Å². The van der Waals surface area contributed by atoms with Crippen LogP contribution in [-0.2, 0) is 16.0 Å². The molecule has 2 aromatic rings. The predicted molar refractivity (Wildman–Crippen MR) is 99.5 cm³/mol. The van der Waals surface area contributed by atoms with Gasteiger partial charge >= 0.3 is 0 Å². The number of para-hydroxylation sites is 1. The molecule has 1 fully saturated rings. The van der Waals surface area contributed by atoms with E-state index in [2.05, 4.69) is 5.32 Å². The minimum atomic E-state index is -0.345. The van der Waals surface area contributed by atoms with Crippen molar-refractivity contribution in [1.82, 2.24) is 5.32 Å². The number of benzene rings is 2. The number of fused-ring (bicyclic) bond motifs is 1. The van der Waals surface area contributed by atoms with Crippen molar-refractivity contribution in [3.63, 3.8) is 0 Å². The lowest BCUT2D eigenvalue weighted by Crippen LogP contribution is -2.39. The highest BCUT2D eigenvalue weighted by molar-refractivity contribution is 6.30. The molecule has 2 unspecified atom stereocenters. The lowest BCUT2D eigenvalue weighted by molar-refractivity contribution is -0.126. The van der Waals surface area contributed by atoms with Gasteiger partial charge in [-0.15, -0.1) is 0 Å². The molecule has 2 aliphatic heterocycles. The molecule has 2 aromatic carbocycles. The lowest BCUT2D eigenvalue weighted by atomic mass is 10.1. The van der Waals surface area contributed by atoms with Gasteiger partial charge in [-0.2, -0.15) is 0 Å². The number of rotatable bonds is 4. The van der Waals surface area contributed by atoms with E-state index in [0.29, 0.717) is 18.1 Å². The van der Waals surface area contributed by atoms with E-state index in [4.69, 9.17) is 16.3 Å². The fourth-order valence-electron chi connectivity index (χ4n) is 3.48. The molecule has 2 aliphatic rings. The third kappa shape index (κ3) is 3.40. The number of amides is 2. The maximum absolute atomic E-state index is 12.5. The maximum atomic E-state index is 12.5. The van der Waals surface area contributed by atoms with Crippen LogP contribution in [0.25, 0.3) is 0 Å². The van der Waals surface area contributed by atoms with E-state index in [-0.39, 0.29) is 30.3 Å². The molecule has 2 amide bonds. The second-order valence-corrected chi connectivity index (χ2v) is 7.12. The third-order valence-corrected chi connectivity index (χ3v) is 5.10. The Hall–Kier alpha value is -2.53. The molecule has 2 heterocycles. The molecule has 0 saturated carbocycles. The molecule has 1 saturated heterocycles. The molecule has 0 aromatic heterocycles. The molecule has 4 rings (SSSR count). The van der Waals surface area contributed by atoms with Gasteiger partial charge < -0.3 is 15.0 Å². The zero-order chi connectivity index (χ0) is 18.1. The third-order valence-electron chi connectivity index (χ3n) is 4.85. The van der Waals surface area contributed by atoms with Crippen molar-refractivity contribution in [2.75, 3.05) is 18.0 Å². The van der Waals surface area contributed by atoms with Crippen molar-refractivity contribution in [2.24, 2.45) is 5.92 Å². The van der Waals surface area contributed by atoms with Crippen LogP contribution in [0.4, 0.5) is 5.69 Å². The van der Waals surface area contributed by atoms with Crippen LogP contribution in [-0.4, -0.2) is 31.0 Å². The highest BCUT2D eigenvalue weighted by Crippen LogP contribution is 2.28. The van der Waals surface area contributed by atoms with E-state index < -0.39 is 0 Å². The zero-order valence-corrected chi connectivity index (χ0v) is 14.9. The minimum Gasteiger partial charge on any atom is -0.488 e. The maximum Gasteiger partial charge on any atom is 0.227 e. The minimum absolute atomic E-state index is 0.0445. The summed E-state index contributed by atoms with van der Waals surface area (Å²) in [5.74, 6) is 0.394. The van der Waals surface area contributed by atoms with Crippen molar-refractivity contribution in [3.05, 3.63) is 59.1 Å². The van der Waals surface area contributed by atoms with Crippen LogP contribution in [0.3, 0.4) is 0 Å². The van der Waals surface area contributed by atoms with Gasteiger partial charge in [0, 0.05) is 30.1 Å². The number of nitrogens with zero attached hydrogens (tertiary/aromatic N) is 1. The molecule has 0 spiro atoms. The number of ether oxygens (including phenoxy) is 1. The molecule has 134 valence electrons. The summed E-state index contributed by atoms with van der Waals surface area (Å²) in [4.78, 5) is 26.4. The largest absolute Gasteiger partial charge is 0.488 e. The first-order chi connectivity index (χ1) is 12.6. The van der Waals surface area contributed by atoms with Gasteiger partial charge in [0.1, 0.15) is 11.9 Å². The monoisotopic (exact) mass is 370 g/mol. The number of hydrogen-bond donors (Lipinski definition) is 1. The quantitative estimate of drug-likeness (QED) is 0.900. The average molecular weight is 371 g/mol. The van der Waals surface area contributed by atoms with Crippen LogP contribution < -0.4 is 15.0 Å². The Morgan fingerprint density at radius 3 is 2.69 bits per heavy atom. The number of carbonyl (C=O) groups is 2. The predicted octanol–water partition coefficient (Wildman–Crippen LogP) is 2.81. The molecule has 2 atom stereocenters. The van der Waals surface area contributed by atoms with Crippen LogP contribution in [0.15, 0.2) is 48.5 Å². The standard InChI is InChI=1S/C20H19ClN2O3/c21-15-5-7-16(8-6-15)23-12-14(10-19(23)24)20(25)22-11-17-9-13-3-1-2-4-18(13)26-17/h1-8,14,17H,9-12H2,(H,22,25). The normalized spacial score (nSPS) is 21.4. The molecule has 0 aliphatic carbocycles. The van der Waals surface area contributed by atoms with Crippen LogP contribution in [0, 0.1) is 5.92 Å². The van der Waals surface area contributed by atoms with Crippen LogP contribution in [0.2, 0.25) is 5.02 Å². The number of carbonyl (C=O) groups excluding carboxylic acids is 2. The van der Waals surface area contributed by atoms with Gasteiger partial charge in [-0.25, -0.2) is 0 Å². The second-order valence-electron chi connectivity index (χ2n) is 6.68. The zero-order valence-electron chi connectivity index (χ0n) is 14.2. The average Bonchev–Trinajstić information content (AvgIpc) is 3.23. The van der Waals surface area contributed by atoms with Gasteiger partial charge in [0.05, 0.1) is 12.5 Å². The smallest absolute Gasteiger partial charge is 0.227 e. The molecule has 26 heavy (non-hydrogen) atoms. The molecule has 5 nitrogen and oxygen atoms in total. The Labute approximate surface area is 156 Å². The Kier molecular flexibility index (Phi) is 4.55. The number of anilines is 1. The SMILES string of the molecule is O=C(NCC1Cc2ccccc2O1)C1CC(=O)N(c2ccc(Cl)cc2)C1. The highest BCUT2D eigenvalue weighted by Gasteiger charge is 2.35. The first kappa shape index (κ1) is 16.9. The first-order valence-corrected chi connectivity index (χ1v) is 9.06. The van der Waals surface area contributed by atoms with Crippen LogP contribution >= 0.6 is 11.6 Å². The summed E-state index contributed by atoms with van der Waals surface area (Å²) in [6, 6.07) is 15.0. The highest BCUT2D eigenvalue weighted by atomic mass is 35.5. The molecule has 0 radical (unpaired) electrons. The summed E-state index contributed by atoms with van der Waals surface area (Å²) in [7, 11) is 0. The van der Waals surface area contributed by atoms with Crippen LogP contribution in [0.1, 0.15) is 12.0 Å². The van der Waals surface area contributed by atoms with E-state index in [1.807, 2.05) is 24.3 Å². The summed E-state index contributed by atoms with van der Waals surface area (Å²) in [6.45, 7) is 0.831. The summed E-state index contributed by atoms with van der Waals surface area (Å²) in [5, 5.41) is 3.56. The summed E-state index contributed by atoms with van der Waals surface area (Å²) in [6.07, 6.45) is 0.956. The van der Waals surface area contributed by atoms with Gasteiger partial charge in [-0.1, -0.05) is 29.8 Å². The number of halogens is 1. The molecule has 6 heteroatoms. The molecular formula is C20H19ClN2O3. The van der Waals surface area contributed by atoms with E-state index >= 15 is 0 Å². The van der Waals surface area contributed by atoms with Gasteiger partial charge in [-0.3, -0.25) is 9.59 Å². The molecule has 1 N–H and O–H groups in total. The van der Waals surface area contributed by atoms with Crippen molar-refractivity contribution in [2.45, 2.75) is 18.9 Å². The lowest BCUT2D eigenvalue weighted by Gasteiger charge is -2.17. The van der Waals surface area contributed by atoms with E-state index in [0.717, 1.165) is 23.4 Å². The van der Waals surface area contributed by atoms with Crippen molar-refractivity contribution in [1.29, 1.82) is 0 Å². The first-order valence-electron chi connectivity index (χ1n) is 8.68. The van der Waals surface area contributed by atoms with Crippen molar-refractivity contribution in [3.8, 4) is 5.75 Å². The van der Waals surface area contributed by atoms with Gasteiger partial charge in [-0.05, 0) is 35.9 Å². The van der Waals surface area contributed by atoms with Crippen molar-refractivity contribution >= 4 is 29.1 Å². The Morgan fingerprint density at radius 2 is 1.92 bits per heavy atom. The Bertz CT molecular complexity index is 812. The van der Waals surface area contributed by atoms with Gasteiger partial charge in [0.15, 0.2) is 0 Å². The fraction of sp³-hybridized carbons (Fsp3) is 0.300.